The molecule has 0 aromatic heterocycles. The molecule has 0 amide bonds. The van der Waals surface area contributed by atoms with Gasteiger partial charge in [-0.1, -0.05) is 0 Å². The molecule has 0 spiro atoms. The van der Waals surface area contributed by atoms with Crippen molar-refractivity contribution in [1.29, 1.82) is 0 Å². The molecule has 0 saturated carbocycles. The van der Waals surface area contributed by atoms with Crippen LogP contribution < -0.4 is 15.8 Å². The third-order valence-corrected chi connectivity index (χ3v) is 2.78. The van der Waals surface area contributed by atoms with Gasteiger partial charge in [0.1, 0.15) is 5.82 Å². The van der Waals surface area contributed by atoms with E-state index in [4.69, 9.17) is 5.73 Å². The zero-order chi connectivity index (χ0) is 12.9. The van der Waals surface area contributed by atoms with Gasteiger partial charge in [-0.2, -0.15) is 0 Å². The number of nitrogens with two attached hydrogens (primary N) is 1. The van der Waals surface area contributed by atoms with Crippen LogP contribution in [-0.4, -0.2) is 27.8 Å². The minimum Gasteiger partial charge on any atom is -0.397 e. The van der Waals surface area contributed by atoms with Gasteiger partial charge < -0.3 is 11.1 Å². The predicted molar refractivity (Wildman–Crippen MR) is 66.8 cm³/mol. The molecule has 0 aliphatic rings. The van der Waals surface area contributed by atoms with Crippen LogP contribution in [-0.2, 0) is 10.0 Å². The van der Waals surface area contributed by atoms with Crippen molar-refractivity contribution in [2.24, 2.45) is 0 Å². The van der Waals surface area contributed by atoms with Crippen molar-refractivity contribution in [2.75, 3.05) is 30.4 Å². The fourth-order valence-electron chi connectivity index (χ4n) is 1.26. The number of sulfonamides is 1. The lowest BCUT2D eigenvalue weighted by atomic mass is 10.2. The quantitative estimate of drug-likeness (QED) is 0.521. The van der Waals surface area contributed by atoms with E-state index in [1.807, 2.05) is 0 Å². The van der Waals surface area contributed by atoms with E-state index in [9.17, 15) is 12.8 Å². The van der Waals surface area contributed by atoms with E-state index in [0.717, 1.165) is 6.26 Å². The van der Waals surface area contributed by atoms with Crippen molar-refractivity contribution >= 4 is 21.4 Å². The third-order valence-electron chi connectivity index (χ3n) is 2.05. The highest BCUT2D eigenvalue weighted by Gasteiger charge is 2.01. The van der Waals surface area contributed by atoms with E-state index in [1.54, 1.807) is 6.07 Å². The summed E-state index contributed by atoms with van der Waals surface area (Å²) in [6, 6.07) is 4.10. The Balaban J connectivity index is 2.32. The standard InChI is InChI=1S/C10H16FN3O2S/c1-17(15,16)14-6-2-5-13-10-4-3-8(11)7-9(10)12/h3-4,7,13-14H,2,5-6,12H2,1H3. The predicted octanol–water partition coefficient (Wildman–Crippen LogP) is 0.759. The first-order valence-electron chi connectivity index (χ1n) is 5.12. The van der Waals surface area contributed by atoms with Crippen LogP contribution in [0.2, 0.25) is 0 Å². The molecule has 96 valence electrons. The van der Waals surface area contributed by atoms with E-state index < -0.39 is 10.0 Å². The van der Waals surface area contributed by atoms with E-state index in [2.05, 4.69) is 10.0 Å². The number of benzene rings is 1. The van der Waals surface area contributed by atoms with Crippen molar-refractivity contribution in [2.45, 2.75) is 6.42 Å². The smallest absolute Gasteiger partial charge is 0.208 e. The van der Waals surface area contributed by atoms with Crippen molar-refractivity contribution < 1.29 is 12.8 Å². The normalized spacial score (nSPS) is 11.4. The number of hydrogen-bond acceptors (Lipinski definition) is 4. The van der Waals surface area contributed by atoms with Crippen molar-refractivity contribution in [1.82, 2.24) is 4.72 Å². The van der Waals surface area contributed by atoms with Gasteiger partial charge in [0.2, 0.25) is 10.0 Å². The maximum Gasteiger partial charge on any atom is 0.208 e. The Labute approximate surface area is 100 Å². The number of anilines is 2. The highest BCUT2D eigenvalue weighted by molar-refractivity contribution is 7.88. The zero-order valence-corrected chi connectivity index (χ0v) is 10.3. The highest BCUT2D eigenvalue weighted by Crippen LogP contribution is 2.18. The van der Waals surface area contributed by atoms with Crippen molar-refractivity contribution in [3.63, 3.8) is 0 Å². The van der Waals surface area contributed by atoms with Crippen LogP contribution in [0.25, 0.3) is 0 Å². The third kappa shape index (κ3) is 5.50. The number of rotatable bonds is 6. The van der Waals surface area contributed by atoms with Crippen LogP contribution in [0, 0.1) is 5.82 Å². The molecule has 0 unspecified atom stereocenters. The van der Waals surface area contributed by atoms with Crippen LogP contribution in [0.4, 0.5) is 15.8 Å². The van der Waals surface area contributed by atoms with Crippen LogP contribution in [0.5, 0.6) is 0 Å². The number of nitrogens with one attached hydrogen (secondary N) is 2. The van der Waals surface area contributed by atoms with Crippen LogP contribution in [0.15, 0.2) is 18.2 Å². The molecule has 4 N–H and O–H groups in total. The summed E-state index contributed by atoms with van der Waals surface area (Å²) in [5.41, 5.74) is 6.57. The van der Waals surface area contributed by atoms with Crippen molar-refractivity contribution in [3.8, 4) is 0 Å². The molecule has 0 bridgehead atoms. The van der Waals surface area contributed by atoms with Gasteiger partial charge in [0, 0.05) is 13.1 Å². The van der Waals surface area contributed by atoms with E-state index >= 15 is 0 Å². The Morgan fingerprint density at radius 3 is 2.65 bits per heavy atom. The summed E-state index contributed by atoms with van der Waals surface area (Å²) in [5, 5.41) is 3.00. The molecule has 7 heteroatoms. The van der Waals surface area contributed by atoms with E-state index in [-0.39, 0.29) is 5.82 Å². The second-order valence-corrected chi connectivity index (χ2v) is 5.51. The Kier molecular flexibility index (Phi) is 4.71. The minimum atomic E-state index is -3.14. The SMILES string of the molecule is CS(=O)(=O)NCCCNc1ccc(F)cc1N. The first-order valence-corrected chi connectivity index (χ1v) is 7.01. The molecule has 0 aliphatic carbocycles. The molecule has 0 heterocycles. The summed E-state index contributed by atoms with van der Waals surface area (Å²) in [4.78, 5) is 0. The number of hydrogen-bond donors (Lipinski definition) is 3. The molecular weight excluding hydrogens is 245 g/mol. The largest absolute Gasteiger partial charge is 0.397 e. The number of nitrogen functional groups attached to an aromatic ring is 1. The molecule has 0 fully saturated rings. The second-order valence-electron chi connectivity index (χ2n) is 3.68. The first kappa shape index (κ1) is 13.7. The van der Waals surface area contributed by atoms with Gasteiger partial charge >= 0.3 is 0 Å². The molecule has 1 aromatic carbocycles. The fraction of sp³-hybridized carbons (Fsp3) is 0.400. The first-order chi connectivity index (χ1) is 7.88. The van der Waals surface area contributed by atoms with E-state index in [0.29, 0.717) is 30.9 Å². The molecular formula is C10H16FN3O2S. The topological polar surface area (TPSA) is 84.2 Å². The molecule has 0 atom stereocenters. The molecule has 1 rings (SSSR count). The summed E-state index contributed by atoms with van der Waals surface area (Å²) < 4.78 is 36.6. The number of halogens is 1. The molecule has 0 aliphatic heterocycles. The Hall–Kier alpha value is -1.34. The maximum atomic E-state index is 12.7. The van der Waals surface area contributed by atoms with Gasteiger partial charge in [0.15, 0.2) is 0 Å². The highest BCUT2D eigenvalue weighted by atomic mass is 32.2. The lowest BCUT2D eigenvalue weighted by Crippen LogP contribution is -2.24. The summed E-state index contributed by atoms with van der Waals surface area (Å²) in [5.74, 6) is -0.383. The molecule has 5 nitrogen and oxygen atoms in total. The van der Waals surface area contributed by atoms with Gasteiger partial charge in [-0.05, 0) is 24.6 Å². The average Bonchev–Trinajstić information content (AvgIpc) is 2.18. The zero-order valence-electron chi connectivity index (χ0n) is 9.53. The molecule has 1 aromatic rings. The monoisotopic (exact) mass is 261 g/mol. The molecule has 0 saturated heterocycles. The summed E-state index contributed by atoms with van der Waals surface area (Å²) in [6.45, 7) is 0.908. The minimum absolute atomic E-state index is 0.334. The fourth-order valence-corrected chi connectivity index (χ4v) is 1.78. The Bertz CT molecular complexity index is 476. The van der Waals surface area contributed by atoms with Gasteiger partial charge in [-0.25, -0.2) is 17.5 Å². The molecule has 17 heavy (non-hydrogen) atoms. The Morgan fingerprint density at radius 1 is 1.35 bits per heavy atom. The second kappa shape index (κ2) is 5.83. The maximum absolute atomic E-state index is 12.7. The van der Waals surface area contributed by atoms with Crippen LogP contribution >= 0.6 is 0 Å². The summed E-state index contributed by atoms with van der Waals surface area (Å²) >= 11 is 0. The van der Waals surface area contributed by atoms with Gasteiger partial charge in [0.25, 0.3) is 0 Å². The van der Waals surface area contributed by atoms with Gasteiger partial charge in [-0.15, -0.1) is 0 Å². The lowest BCUT2D eigenvalue weighted by molar-refractivity contribution is 0.586. The molecule has 0 radical (unpaired) electrons. The van der Waals surface area contributed by atoms with Crippen molar-refractivity contribution in [3.05, 3.63) is 24.0 Å². The lowest BCUT2D eigenvalue weighted by Gasteiger charge is -2.09. The van der Waals surface area contributed by atoms with Crippen LogP contribution in [0.1, 0.15) is 6.42 Å². The van der Waals surface area contributed by atoms with Gasteiger partial charge in [-0.3, -0.25) is 0 Å². The van der Waals surface area contributed by atoms with Gasteiger partial charge in [0.05, 0.1) is 17.6 Å². The summed E-state index contributed by atoms with van der Waals surface area (Å²) in [6.07, 6.45) is 1.72. The summed E-state index contributed by atoms with van der Waals surface area (Å²) in [7, 11) is -3.14. The van der Waals surface area contributed by atoms with Crippen LogP contribution in [0.3, 0.4) is 0 Å². The van der Waals surface area contributed by atoms with E-state index in [1.165, 1.54) is 12.1 Å². The Morgan fingerprint density at radius 2 is 2.06 bits per heavy atom. The average molecular weight is 261 g/mol.